The van der Waals surface area contributed by atoms with Crippen LogP contribution in [0.1, 0.15) is 26.2 Å². The second kappa shape index (κ2) is 9.08. The smallest absolute Gasteiger partial charge is 0.313 e. The van der Waals surface area contributed by atoms with Crippen LogP contribution in [0.3, 0.4) is 0 Å². The standard InChI is InChI=1S/C26H29ClN2O6/c1-2-25-11-4-3-5-16-34-24(33)20(25)19-22(31)29(14-15-30)21-23(32)28(13-6-12-26(19,21)35-25)18-9-7-17(27)8-10-18/h4,6-12,19-21,30H,2-3,5,13-16H2,1H3/b11-4-/t19-,20-,21?,25+,26-/m0/s1. The fraction of sp³-hybridized carbons (Fsp3) is 0.500. The topological polar surface area (TPSA) is 96.4 Å². The number of cyclic esters (lactones) is 1. The summed E-state index contributed by atoms with van der Waals surface area (Å²) in [5.41, 5.74) is -1.81. The summed E-state index contributed by atoms with van der Waals surface area (Å²) in [5, 5.41) is 10.3. The Morgan fingerprint density at radius 2 is 1.86 bits per heavy atom. The number of fused-ring (bicyclic) bond motifs is 2. The molecule has 0 aromatic heterocycles. The number of ether oxygens (including phenoxy) is 2. The van der Waals surface area contributed by atoms with Crippen molar-refractivity contribution in [2.45, 2.75) is 43.4 Å². The number of carbonyl (C=O) groups excluding carboxylic acids is 3. The molecule has 186 valence electrons. The molecule has 1 aromatic rings. The lowest BCUT2D eigenvalue weighted by molar-refractivity contribution is -0.159. The molecule has 4 aliphatic heterocycles. The minimum Gasteiger partial charge on any atom is -0.465 e. The lowest BCUT2D eigenvalue weighted by Gasteiger charge is -2.38. The molecule has 1 N–H and O–H groups in total. The molecule has 1 aromatic carbocycles. The largest absolute Gasteiger partial charge is 0.465 e. The van der Waals surface area contributed by atoms with Gasteiger partial charge in [0, 0.05) is 23.8 Å². The Balaban J connectivity index is 1.66. The number of halogens is 1. The summed E-state index contributed by atoms with van der Waals surface area (Å²) in [6, 6.07) is 5.86. The number of rotatable bonds is 4. The van der Waals surface area contributed by atoms with Crippen molar-refractivity contribution < 1.29 is 29.0 Å². The van der Waals surface area contributed by atoms with Gasteiger partial charge in [-0.2, -0.15) is 0 Å². The van der Waals surface area contributed by atoms with Gasteiger partial charge in [-0.1, -0.05) is 42.8 Å². The number of hydrogen-bond donors (Lipinski definition) is 1. The van der Waals surface area contributed by atoms with E-state index in [0.717, 1.165) is 6.42 Å². The third-order valence-corrected chi connectivity index (χ3v) is 7.86. The molecule has 35 heavy (non-hydrogen) atoms. The van der Waals surface area contributed by atoms with Crippen LogP contribution in [0.2, 0.25) is 5.02 Å². The van der Waals surface area contributed by atoms with Crippen LogP contribution in [0.15, 0.2) is 48.6 Å². The molecule has 0 aliphatic carbocycles. The van der Waals surface area contributed by atoms with E-state index in [-0.39, 0.29) is 38.1 Å². The number of esters is 1. The summed E-state index contributed by atoms with van der Waals surface area (Å²) in [5.74, 6) is -3.06. The van der Waals surface area contributed by atoms with E-state index >= 15 is 0 Å². The first kappa shape index (κ1) is 24.0. The van der Waals surface area contributed by atoms with Crippen molar-refractivity contribution in [1.82, 2.24) is 4.90 Å². The van der Waals surface area contributed by atoms with Gasteiger partial charge in [-0.3, -0.25) is 14.4 Å². The molecule has 4 aliphatic rings. The normalized spacial score (nSPS) is 35.4. The second-order valence-electron chi connectivity index (χ2n) is 9.42. The molecular weight excluding hydrogens is 472 g/mol. The van der Waals surface area contributed by atoms with Gasteiger partial charge in [0.25, 0.3) is 5.91 Å². The van der Waals surface area contributed by atoms with Crippen LogP contribution in [0, 0.1) is 11.8 Å². The highest BCUT2D eigenvalue weighted by molar-refractivity contribution is 6.30. The molecular formula is C26H29ClN2O6. The van der Waals surface area contributed by atoms with E-state index in [9.17, 15) is 19.5 Å². The van der Waals surface area contributed by atoms with Crippen LogP contribution >= 0.6 is 11.6 Å². The predicted molar refractivity (Wildman–Crippen MR) is 129 cm³/mol. The van der Waals surface area contributed by atoms with Crippen LogP contribution in [0.25, 0.3) is 0 Å². The molecule has 8 nitrogen and oxygen atoms in total. The highest BCUT2D eigenvalue weighted by Crippen LogP contribution is 2.58. The Labute approximate surface area is 209 Å². The molecule has 1 unspecified atom stereocenters. The van der Waals surface area contributed by atoms with Crippen LogP contribution in [-0.4, -0.2) is 71.3 Å². The lowest BCUT2D eigenvalue weighted by Crippen LogP contribution is -2.56. The molecule has 1 spiro atoms. The van der Waals surface area contributed by atoms with Crippen LogP contribution in [0.4, 0.5) is 5.69 Å². The maximum atomic E-state index is 14.1. The minimum absolute atomic E-state index is 0.0458. The Bertz CT molecular complexity index is 1090. The number of likely N-dealkylation sites (tertiary alicyclic amines) is 1. The first-order valence-corrected chi connectivity index (χ1v) is 12.5. The van der Waals surface area contributed by atoms with E-state index in [4.69, 9.17) is 21.1 Å². The Morgan fingerprint density at radius 1 is 1.09 bits per heavy atom. The van der Waals surface area contributed by atoms with Crippen LogP contribution in [0.5, 0.6) is 0 Å². The maximum absolute atomic E-state index is 14.1. The van der Waals surface area contributed by atoms with E-state index in [2.05, 4.69) is 0 Å². The summed E-state index contributed by atoms with van der Waals surface area (Å²) in [4.78, 5) is 44.4. The number of allylic oxidation sites excluding steroid dienone is 1. The molecule has 0 radical (unpaired) electrons. The van der Waals surface area contributed by atoms with E-state index in [1.54, 1.807) is 35.2 Å². The van der Waals surface area contributed by atoms with E-state index in [1.807, 2.05) is 25.2 Å². The first-order chi connectivity index (χ1) is 16.9. The fourth-order valence-corrected chi connectivity index (χ4v) is 6.20. The number of anilines is 1. The summed E-state index contributed by atoms with van der Waals surface area (Å²) in [7, 11) is 0. The molecule has 5 rings (SSSR count). The van der Waals surface area contributed by atoms with Crippen LogP contribution < -0.4 is 4.90 Å². The van der Waals surface area contributed by atoms with Gasteiger partial charge in [0.1, 0.15) is 23.2 Å². The molecule has 2 fully saturated rings. The summed E-state index contributed by atoms with van der Waals surface area (Å²) >= 11 is 6.05. The van der Waals surface area contributed by atoms with Crippen molar-refractivity contribution in [2.24, 2.45) is 11.8 Å². The minimum atomic E-state index is -1.37. The third kappa shape index (κ3) is 3.61. The summed E-state index contributed by atoms with van der Waals surface area (Å²) in [6.45, 7) is 2.07. The van der Waals surface area contributed by atoms with Crippen molar-refractivity contribution in [3.63, 3.8) is 0 Å². The molecule has 0 bridgehead atoms. The number of aliphatic hydroxyl groups excluding tert-OH is 1. The Morgan fingerprint density at radius 3 is 2.57 bits per heavy atom. The lowest BCUT2D eigenvalue weighted by atomic mass is 9.73. The van der Waals surface area contributed by atoms with Gasteiger partial charge in [-0.25, -0.2) is 0 Å². The zero-order valence-corrected chi connectivity index (χ0v) is 20.3. The van der Waals surface area contributed by atoms with E-state index in [1.165, 1.54) is 4.90 Å². The summed E-state index contributed by atoms with van der Waals surface area (Å²) in [6.07, 6.45) is 9.30. The molecule has 0 saturated carbocycles. The number of amides is 2. The highest BCUT2D eigenvalue weighted by atomic mass is 35.5. The van der Waals surface area contributed by atoms with Crippen molar-refractivity contribution >= 4 is 35.1 Å². The van der Waals surface area contributed by atoms with E-state index < -0.39 is 35.0 Å². The summed E-state index contributed by atoms with van der Waals surface area (Å²) < 4.78 is 12.4. The Kier molecular flexibility index (Phi) is 6.23. The van der Waals surface area contributed by atoms with E-state index in [0.29, 0.717) is 23.6 Å². The Hall–Kier alpha value is -2.68. The SMILES string of the molecule is CC[C@@]12/C=C\CCCOC(=O)[C@@H]1[C@H]1C(=O)N(CCO)C3C(=O)N(c4ccc(Cl)cc4)CC=C[C@@]31O2. The van der Waals surface area contributed by atoms with Crippen molar-refractivity contribution in [1.29, 1.82) is 0 Å². The number of hydrogen-bond acceptors (Lipinski definition) is 6. The average Bonchev–Trinajstić information content (AvgIpc) is 3.22. The van der Waals surface area contributed by atoms with Gasteiger partial charge >= 0.3 is 5.97 Å². The first-order valence-electron chi connectivity index (χ1n) is 12.1. The molecule has 2 amide bonds. The number of β-amino-alcohol motifs (C(OH)–C–C–N with tert-alkyl or cyclic N) is 1. The molecule has 9 heteroatoms. The van der Waals surface area contributed by atoms with Gasteiger partial charge in [-0.15, -0.1) is 0 Å². The molecule has 4 heterocycles. The zero-order valence-electron chi connectivity index (χ0n) is 19.6. The number of nitrogens with zero attached hydrogens (tertiary/aromatic N) is 2. The quantitative estimate of drug-likeness (QED) is 0.504. The number of aliphatic hydroxyl groups is 1. The van der Waals surface area contributed by atoms with Crippen LogP contribution in [-0.2, 0) is 23.9 Å². The molecule has 2 saturated heterocycles. The predicted octanol–water partition coefficient (Wildman–Crippen LogP) is 2.49. The van der Waals surface area contributed by atoms with Gasteiger partial charge in [0.05, 0.1) is 19.1 Å². The van der Waals surface area contributed by atoms with Crippen molar-refractivity contribution in [2.75, 3.05) is 31.2 Å². The van der Waals surface area contributed by atoms with Gasteiger partial charge in [-0.05, 0) is 43.5 Å². The average molecular weight is 501 g/mol. The number of carbonyl (C=O) groups is 3. The molecule has 5 atom stereocenters. The van der Waals surface area contributed by atoms with Gasteiger partial charge in [0.2, 0.25) is 5.91 Å². The van der Waals surface area contributed by atoms with Gasteiger partial charge in [0.15, 0.2) is 0 Å². The third-order valence-electron chi connectivity index (χ3n) is 7.61. The van der Waals surface area contributed by atoms with Crippen molar-refractivity contribution in [3.8, 4) is 0 Å². The van der Waals surface area contributed by atoms with Crippen molar-refractivity contribution in [3.05, 3.63) is 53.6 Å². The maximum Gasteiger partial charge on any atom is 0.313 e. The second-order valence-corrected chi connectivity index (χ2v) is 9.85. The zero-order chi connectivity index (χ0) is 24.8. The van der Waals surface area contributed by atoms with Gasteiger partial charge < -0.3 is 24.4 Å². The highest BCUT2D eigenvalue weighted by Gasteiger charge is 2.75. The monoisotopic (exact) mass is 500 g/mol. The fourth-order valence-electron chi connectivity index (χ4n) is 6.08. The number of benzene rings is 1.